The predicted molar refractivity (Wildman–Crippen MR) is 113 cm³/mol. The van der Waals surface area contributed by atoms with Crippen LogP contribution in [0.15, 0.2) is 70.8 Å². The van der Waals surface area contributed by atoms with Crippen LogP contribution in [-0.4, -0.2) is 37.4 Å². The van der Waals surface area contributed by atoms with Crippen molar-refractivity contribution in [2.75, 3.05) is 19.5 Å². The number of carbonyl (C=O) groups is 3. The maximum Gasteiger partial charge on any atom is 0.339 e. The summed E-state index contributed by atoms with van der Waals surface area (Å²) in [6, 6.07) is 14.9. The average Bonchev–Trinajstić information content (AvgIpc) is 2.77. The van der Waals surface area contributed by atoms with Gasteiger partial charge in [-0.1, -0.05) is 42.5 Å². The van der Waals surface area contributed by atoms with Crippen molar-refractivity contribution in [1.82, 2.24) is 10.6 Å². The molecule has 2 aromatic rings. The van der Waals surface area contributed by atoms with Gasteiger partial charge in [0.25, 0.3) is 0 Å². The normalized spacial score (nSPS) is 15.8. The molecule has 0 radical (unpaired) electrons. The van der Waals surface area contributed by atoms with Crippen LogP contribution in [0.2, 0.25) is 0 Å². The third kappa shape index (κ3) is 4.83. The van der Waals surface area contributed by atoms with E-state index in [-0.39, 0.29) is 24.5 Å². The van der Waals surface area contributed by atoms with Crippen molar-refractivity contribution in [1.29, 1.82) is 0 Å². The average molecular weight is 426 g/mol. The van der Waals surface area contributed by atoms with Gasteiger partial charge < -0.3 is 20.1 Å². The highest BCUT2D eigenvalue weighted by Gasteiger charge is 2.34. The number of esters is 2. The minimum absolute atomic E-state index is 0.173. The summed E-state index contributed by atoms with van der Waals surface area (Å²) in [6.07, 6.45) is 1.87. The molecule has 0 saturated heterocycles. The zero-order chi connectivity index (χ0) is 21.5. The lowest BCUT2D eigenvalue weighted by atomic mass is 9.95. The van der Waals surface area contributed by atoms with E-state index in [1.165, 1.54) is 11.8 Å². The zero-order valence-electron chi connectivity index (χ0n) is 16.6. The summed E-state index contributed by atoms with van der Waals surface area (Å²) < 4.78 is 10.6. The molecule has 7 nitrogen and oxygen atoms in total. The fourth-order valence-corrected chi connectivity index (χ4v) is 3.69. The summed E-state index contributed by atoms with van der Waals surface area (Å²) >= 11 is 1.43. The van der Waals surface area contributed by atoms with Crippen LogP contribution in [0.3, 0.4) is 0 Å². The second-order valence-electron chi connectivity index (χ2n) is 6.33. The Kier molecular flexibility index (Phi) is 7.13. The Morgan fingerprint density at radius 2 is 1.70 bits per heavy atom. The van der Waals surface area contributed by atoms with Crippen LogP contribution in [0.25, 0.3) is 0 Å². The molecule has 0 bridgehead atoms. The summed E-state index contributed by atoms with van der Waals surface area (Å²) in [7, 11) is 0. The van der Waals surface area contributed by atoms with Crippen LogP contribution >= 0.6 is 11.8 Å². The second-order valence-corrected chi connectivity index (χ2v) is 7.18. The zero-order valence-corrected chi connectivity index (χ0v) is 17.5. The molecule has 30 heavy (non-hydrogen) atoms. The minimum atomic E-state index is -0.716. The number of hydrogen-bond acceptors (Lipinski definition) is 6. The van der Waals surface area contributed by atoms with Gasteiger partial charge in [-0.15, -0.1) is 11.8 Å². The molecule has 0 saturated carbocycles. The molecule has 1 heterocycles. The first-order valence-corrected chi connectivity index (χ1v) is 10.6. The molecular weight excluding hydrogens is 404 g/mol. The first-order chi connectivity index (χ1) is 14.5. The van der Waals surface area contributed by atoms with Gasteiger partial charge in [0.05, 0.1) is 29.5 Å². The van der Waals surface area contributed by atoms with E-state index in [4.69, 9.17) is 9.47 Å². The summed E-state index contributed by atoms with van der Waals surface area (Å²) in [4.78, 5) is 38.3. The standard InChI is InChI=1S/C22H22N2O5S/c1-3-28-21(26)18-16(13-29-20(25)15-11-7-8-12-17(15)30-2)23-22(27)24-19(18)14-9-5-4-6-10-14/h4-12,19H,3,13H2,1-2H3,(H2,23,24,27). The maximum atomic E-state index is 12.7. The lowest BCUT2D eigenvalue weighted by Crippen LogP contribution is -2.47. The summed E-state index contributed by atoms with van der Waals surface area (Å²) in [5, 5.41) is 5.32. The molecule has 8 heteroatoms. The molecule has 1 unspecified atom stereocenters. The van der Waals surface area contributed by atoms with E-state index < -0.39 is 24.0 Å². The third-order valence-electron chi connectivity index (χ3n) is 4.46. The van der Waals surface area contributed by atoms with Crippen LogP contribution in [0, 0.1) is 0 Å². The number of amides is 2. The number of hydrogen-bond donors (Lipinski definition) is 2. The minimum Gasteiger partial charge on any atom is -0.463 e. The Labute approximate surface area is 178 Å². The van der Waals surface area contributed by atoms with Gasteiger partial charge in [-0.3, -0.25) is 0 Å². The highest BCUT2D eigenvalue weighted by molar-refractivity contribution is 7.98. The van der Waals surface area contributed by atoms with Crippen LogP contribution in [0.5, 0.6) is 0 Å². The molecule has 1 atom stereocenters. The van der Waals surface area contributed by atoms with Crippen molar-refractivity contribution >= 4 is 29.7 Å². The first kappa shape index (κ1) is 21.4. The molecule has 156 valence electrons. The van der Waals surface area contributed by atoms with Crippen LogP contribution in [-0.2, 0) is 14.3 Å². The van der Waals surface area contributed by atoms with E-state index >= 15 is 0 Å². The molecule has 1 aliphatic heterocycles. The van der Waals surface area contributed by atoms with Crippen LogP contribution in [0.4, 0.5) is 4.79 Å². The predicted octanol–water partition coefficient (Wildman–Crippen LogP) is 3.44. The highest BCUT2D eigenvalue weighted by Crippen LogP contribution is 2.28. The highest BCUT2D eigenvalue weighted by atomic mass is 32.2. The molecule has 2 amide bonds. The van der Waals surface area contributed by atoms with Gasteiger partial charge in [-0.2, -0.15) is 0 Å². The molecule has 3 rings (SSSR count). The lowest BCUT2D eigenvalue weighted by Gasteiger charge is -2.29. The van der Waals surface area contributed by atoms with Crippen LogP contribution < -0.4 is 10.6 Å². The van der Waals surface area contributed by atoms with E-state index in [0.717, 1.165) is 4.90 Å². The number of carbonyl (C=O) groups excluding carboxylic acids is 3. The molecule has 0 aliphatic carbocycles. The van der Waals surface area contributed by atoms with Gasteiger partial charge in [0.2, 0.25) is 0 Å². The molecular formula is C22H22N2O5S. The van der Waals surface area contributed by atoms with E-state index in [0.29, 0.717) is 11.1 Å². The van der Waals surface area contributed by atoms with Crippen molar-refractivity contribution in [2.45, 2.75) is 17.9 Å². The Morgan fingerprint density at radius 3 is 2.40 bits per heavy atom. The monoisotopic (exact) mass is 426 g/mol. The van der Waals surface area contributed by atoms with Gasteiger partial charge in [-0.25, -0.2) is 14.4 Å². The fraction of sp³-hybridized carbons (Fsp3) is 0.227. The van der Waals surface area contributed by atoms with Crippen LogP contribution in [0.1, 0.15) is 28.9 Å². The molecule has 2 N–H and O–H groups in total. The van der Waals surface area contributed by atoms with E-state index in [2.05, 4.69) is 10.6 Å². The fourth-order valence-electron chi connectivity index (χ4n) is 3.11. The molecule has 0 fully saturated rings. The summed E-state index contributed by atoms with van der Waals surface area (Å²) in [5.74, 6) is -1.13. The molecule has 0 spiro atoms. The Morgan fingerprint density at radius 1 is 1.00 bits per heavy atom. The van der Waals surface area contributed by atoms with Crippen molar-refractivity contribution in [3.05, 3.63) is 77.0 Å². The Bertz CT molecular complexity index is 975. The first-order valence-electron chi connectivity index (χ1n) is 9.38. The Hall–Kier alpha value is -3.26. The van der Waals surface area contributed by atoms with Crippen molar-refractivity contribution in [3.63, 3.8) is 0 Å². The van der Waals surface area contributed by atoms with Crippen molar-refractivity contribution in [3.8, 4) is 0 Å². The summed E-state index contributed by atoms with van der Waals surface area (Å²) in [5.41, 5.74) is 1.53. The number of benzene rings is 2. The van der Waals surface area contributed by atoms with Gasteiger partial charge in [-0.05, 0) is 30.9 Å². The maximum absolute atomic E-state index is 12.7. The molecule has 0 aromatic heterocycles. The second kappa shape index (κ2) is 9.98. The Balaban J connectivity index is 1.92. The SMILES string of the molecule is CCOC(=O)C1=C(COC(=O)c2ccccc2SC)NC(=O)NC1c1ccccc1. The van der Waals surface area contributed by atoms with Crippen molar-refractivity contribution in [2.24, 2.45) is 0 Å². The topological polar surface area (TPSA) is 93.7 Å². The number of thioether (sulfide) groups is 1. The number of nitrogens with one attached hydrogen (secondary N) is 2. The number of rotatable bonds is 7. The quantitative estimate of drug-likeness (QED) is 0.520. The summed E-state index contributed by atoms with van der Waals surface area (Å²) in [6.45, 7) is 1.60. The number of ether oxygens (including phenoxy) is 2. The number of urea groups is 1. The van der Waals surface area contributed by atoms with Gasteiger partial charge in [0.15, 0.2) is 0 Å². The lowest BCUT2D eigenvalue weighted by molar-refractivity contribution is -0.139. The van der Waals surface area contributed by atoms with E-state index in [9.17, 15) is 14.4 Å². The third-order valence-corrected chi connectivity index (χ3v) is 5.25. The molecule has 2 aromatic carbocycles. The van der Waals surface area contributed by atoms with Gasteiger partial charge >= 0.3 is 18.0 Å². The molecule has 1 aliphatic rings. The van der Waals surface area contributed by atoms with Crippen molar-refractivity contribution < 1.29 is 23.9 Å². The van der Waals surface area contributed by atoms with E-state index in [1.807, 2.05) is 36.6 Å². The van der Waals surface area contributed by atoms with Gasteiger partial charge in [0, 0.05) is 4.90 Å². The van der Waals surface area contributed by atoms with E-state index in [1.54, 1.807) is 31.2 Å². The largest absolute Gasteiger partial charge is 0.463 e. The smallest absolute Gasteiger partial charge is 0.339 e. The van der Waals surface area contributed by atoms with Gasteiger partial charge in [0.1, 0.15) is 6.61 Å².